The van der Waals surface area contributed by atoms with Gasteiger partial charge >= 0.3 is 0 Å². The molecule has 0 spiro atoms. The Morgan fingerprint density at radius 2 is 2.26 bits per heavy atom. The van der Waals surface area contributed by atoms with Crippen LogP contribution in [0.5, 0.6) is 0 Å². The topological polar surface area (TPSA) is 27.1 Å². The molecule has 0 bridgehead atoms. The van der Waals surface area contributed by atoms with Crippen molar-refractivity contribution in [3.63, 3.8) is 0 Å². The summed E-state index contributed by atoms with van der Waals surface area (Å²) in [5.41, 5.74) is 2.86. The first kappa shape index (κ1) is 14.6. The maximum absolute atomic E-state index is 6.05. The highest BCUT2D eigenvalue weighted by Crippen LogP contribution is 2.31. The van der Waals surface area contributed by atoms with E-state index in [-0.39, 0.29) is 5.60 Å². The van der Waals surface area contributed by atoms with Gasteiger partial charge in [-0.25, -0.2) is 0 Å². The lowest BCUT2D eigenvalue weighted by atomic mass is 9.85. The van der Waals surface area contributed by atoms with E-state index in [0.29, 0.717) is 0 Å². The molecule has 1 aromatic heterocycles. The fourth-order valence-electron chi connectivity index (χ4n) is 2.81. The van der Waals surface area contributed by atoms with Gasteiger partial charge in [-0.05, 0) is 44.1 Å². The molecule has 1 aliphatic carbocycles. The van der Waals surface area contributed by atoms with E-state index < -0.39 is 0 Å². The molecule has 1 unspecified atom stereocenters. The smallest absolute Gasteiger partial charge is 0.0699 e. The fraction of sp³-hybridized carbons (Fsp3) is 0.812. The fourth-order valence-corrected chi connectivity index (χ4v) is 2.81. The molecule has 0 N–H and O–H groups in total. The van der Waals surface area contributed by atoms with Crippen molar-refractivity contribution in [2.75, 3.05) is 6.61 Å². The van der Waals surface area contributed by atoms with Gasteiger partial charge in [-0.1, -0.05) is 20.8 Å². The number of fused-ring (bicyclic) bond motifs is 1. The molecule has 2 rings (SSSR count). The van der Waals surface area contributed by atoms with Crippen molar-refractivity contribution in [1.82, 2.24) is 9.78 Å². The summed E-state index contributed by atoms with van der Waals surface area (Å²) in [6, 6.07) is 0. The van der Waals surface area contributed by atoms with Gasteiger partial charge in [-0.2, -0.15) is 5.10 Å². The van der Waals surface area contributed by atoms with Gasteiger partial charge in [0.1, 0.15) is 0 Å². The molecule has 3 heteroatoms. The van der Waals surface area contributed by atoms with Gasteiger partial charge in [0.25, 0.3) is 0 Å². The van der Waals surface area contributed by atoms with Crippen LogP contribution in [0, 0.1) is 5.92 Å². The molecule has 3 nitrogen and oxygen atoms in total. The van der Waals surface area contributed by atoms with Crippen LogP contribution < -0.4 is 0 Å². The summed E-state index contributed by atoms with van der Waals surface area (Å²) in [4.78, 5) is 0. The molecule has 0 saturated carbocycles. The highest BCUT2D eigenvalue weighted by Gasteiger charge is 2.32. The van der Waals surface area contributed by atoms with Gasteiger partial charge in [0.05, 0.1) is 11.8 Å². The standard InChI is InChI=1S/C16H28N2O/c1-5-10-19-16(4)8-6-15-14(11-16)12-17-18(15)9-7-13(2)3/h12-13H,5-11H2,1-4H3. The summed E-state index contributed by atoms with van der Waals surface area (Å²) in [5, 5.41) is 4.58. The maximum atomic E-state index is 6.05. The lowest BCUT2D eigenvalue weighted by Gasteiger charge is -2.34. The van der Waals surface area contributed by atoms with Crippen molar-refractivity contribution in [3.05, 3.63) is 17.5 Å². The number of ether oxygens (including phenoxy) is 1. The summed E-state index contributed by atoms with van der Waals surface area (Å²) in [6.45, 7) is 10.9. The number of hydrogen-bond acceptors (Lipinski definition) is 2. The van der Waals surface area contributed by atoms with Crippen LogP contribution in [-0.2, 0) is 24.1 Å². The minimum absolute atomic E-state index is 0.0227. The molecule has 1 heterocycles. The van der Waals surface area contributed by atoms with E-state index in [0.717, 1.165) is 44.8 Å². The number of aryl methyl sites for hydroxylation is 1. The van der Waals surface area contributed by atoms with E-state index in [4.69, 9.17) is 4.74 Å². The second-order valence-electron chi connectivity index (χ2n) is 6.50. The van der Waals surface area contributed by atoms with Crippen molar-refractivity contribution in [2.24, 2.45) is 5.92 Å². The Bertz CT molecular complexity index is 411. The molecule has 0 aliphatic heterocycles. The molecule has 1 aliphatic rings. The number of aromatic nitrogens is 2. The molecule has 108 valence electrons. The first-order valence-electron chi connectivity index (χ1n) is 7.71. The van der Waals surface area contributed by atoms with Crippen LogP contribution in [0.25, 0.3) is 0 Å². The first-order valence-corrected chi connectivity index (χ1v) is 7.71. The summed E-state index contributed by atoms with van der Waals surface area (Å²) in [7, 11) is 0. The monoisotopic (exact) mass is 264 g/mol. The van der Waals surface area contributed by atoms with Crippen LogP contribution in [0.15, 0.2) is 6.20 Å². The highest BCUT2D eigenvalue weighted by atomic mass is 16.5. The van der Waals surface area contributed by atoms with E-state index in [9.17, 15) is 0 Å². The number of rotatable bonds is 6. The largest absolute Gasteiger partial charge is 0.375 e. The van der Waals surface area contributed by atoms with Crippen LogP contribution in [0.2, 0.25) is 0 Å². The Labute approximate surface area is 117 Å². The number of nitrogens with zero attached hydrogens (tertiary/aromatic N) is 2. The zero-order chi connectivity index (χ0) is 13.9. The molecular formula is C16H28N2O. The Morgan fingerprint density at radius 1 is 1.47 bits per heavy atom. The summed E-state index contributed by atoms with van der Waals surface area (Å²) in [5.74, 6) is 0.738. The molecule has 1 aromatic rings. The third-order valence-corrected chi connectivity index (χ3v) is 4.06. The maximum Gasteiger partial charge on any atom is 0.0699 e. The van der Waals surface area contributed by atoms with Gasteiger partial charge in [0, 0.05) is 25.3 Å². The van der Waals surface area contributed by atoms with Crippen LogP contribution in [-0.4, -0.2) is 22.0 Å². The molecule has 0 saturated heterocycles. The molecule has 0 amide bonds. The van der Waals surface area contributed by atoms with E-state index >= 15 is 0 Å². The predicted octanol–water partition coefficient (Wildman–Crippen LogP) is 3.60. The van der Waals surface area contributed by atoms with Crippen molar-refractivity contribution in [3.8, 4) is 0 Å². The number of hydrogen-bond donors (Lipinski definition) is 0. The van der Waals surface area contributed by atoms with Crippen LogP contribution >= 0.6 is 0 Å². The quantitative estimate of drug-likeness (QED) is 0.785. The van der Waals surface area contributed by atoms with E-state index in [1.165, 1.54) is 17.7 Å². The summed E-state index contributed by atoms with van der Waals surface area (Å²) < 4.78 is 8.26. The average Bonchev–Trinajstić information content (AvgIpc) is 2.76. The molecule has 0 fully saturated rings. The average molecular weight is 264 g/mol. The van der Waals surface area contributed by atoms with Crippen molar-refractivity contribution >= 4 is 0 Å². The Balaban J connectivity index is 2.02. The summed E-state index contributed by atoms with van der Waals surface area (Å²) >= 11 is 0. The second kappa shape index (κ2) is 6.08. The Kier molecular flexibility index (Phi) is 4.67. The molecule has 0 aromatic carbocycles. The van der Waals surface area contributed by atoms with Gasteiger partial charge in [-0.15, -0.1) is 0 Å². The highest BCUT2D eigenvalue weighted by molar-refractivity contribution is 5.24. The van der Waals surface area contributed by atoms with Gasteiger partial charge in [0.15, 0.2) is 0 Å². The van der Waals surface area contributed by atoms with E-state index in [2.05, 4.69) is 43.7 Å². The molecule has 19 heavy (non-hydrogen) atoms. The summed E-state index contributed by atoms with van der Waals surface area (Å²) in [6.07, 6.45) is 7.60. The van der Waals surface area contributed by atoms with E-state index in [1.807, 2.05) is 0 Å². The second-order valence-corrected chi connectivity index (χ2v) is 6.50. The van der Waals surface area contributed by atoms with Crippen molar-refractivity contribution in [1.29, 1.82) is 0 Å². The molecular weight excluding hydrogens is 236 g/mol. The zero-order valence-corrected chi connectivity index (χ0v) is 12.9. The van der Waals surface area contributed by atoms with Crippen molar-refractivity contribution in [2.45, 2.75) is 71.9 Å². The normalized spacial score (nSPS) is 22.8. The lowest BCUT2D eigenvalue weighted by molar-refractivity contribution is -0.0410. The Hall–Kier alpha value is -0.830. The third-order valence-electron chi connectivity index (χ3n) is 4.06. The van der Waals surface area contributed by atoms with Gasteiger partial charge < -0.3 is 4.74 Å². The van der Waals surface area contributed by atoms with Crippen LogP contribution in [0.3, 0.4) is 0 Å². The van der Waals surface area contributed by atoms with Crippen LogP contribution in [0.1, 0.15) is 58.2 Å². The molecule has 0 radical (unpaired) electrons. The van der Waals surface area contributed by atoms with Gasteiger partial charge in [0.2, 0.25) is 0 Å². The van der Waals surface area contributed by atoms with Crippen molar-refractivity contribution < 1.29 is 4.74 Å². The predicted molar refractivity (Wildman–Crippen MR) is 78.4 cm³/mol. The van der Waals surface area contributed by atoms with Gasteiger partial charge in [-0.3, -0.25) is 4.68 Å². The minimum atomic E-state index is 0.0227. The van der Waals surface area contributed by atoms with Crippen LogP contribution in [0.4, 0.5) is 0 Å². The first-order chi connectivity index (χ1) is 9.04. The zero-order valence-electron chi connectivity index (χ0n) is 12.9. The molecule has 1 atom stereocenters. The Morgan fingerprint density at radius 3 is 2.95 bits per heavy atom. The minimum Gasteiger partial charge on any atom is -0.375 e. The SMILES string of the molecule is CCCOC1(C)CCc2c(cnn2CCC(C)C)C1. The lowest BCUT2D eigenvalue weighted by Crippen LogP contribution is -2.36. The third kappa shape index (κ3) is 3.59. The van der Waals surface area contributed by atoms with E-state index in [1.54, 1.807) is 0 Å².